The third kappa shape index (κ3) is 3.62. The van der Waals surface area contributed by atoms with Gasteiger partial charge in [0, 0.05) is 18.4 Å². The predicted octanol–water partition coefficient (Wildman–Crippen LogP) is 1.59. The van der Waals surface area contributed by atoms with E-state index in [0.29, 0.717) is 6.54 Å². The molecule has 0 aliphatic rings. The average Bonchev–Trinajstić information content (AvgIpc) is 2.20. The number of pyridine rings is 1. The second kappa shape index (κ2) is 5.61. The highest BCUT2D eigenvalue weighted by atomic mass is 16.4. The third-order valence-corrected chi connectivity index (χ3v) is 2.43. The van der Waals surface area contributed by atoms with Gasteiger partial charge in [-0.3, -0.25) is 9.78 Å². The molecule has 0 bridgehead atoms. The van der Waals surface area contributed by atoms with Crippen LogP contribution in [0.5, 0.6) is 0 Å². The second-order valence-electron chi connectivity index (χ2n) is 4.25. The fourth-order valence-electron chi connectivity index (χ4n) is 1.44. The Morgan fingerprint density at radius 3 is 2.62 bits per heavy atom. The van der Waals surface area contributed by atoms with Crippen molar-refractivity contribution in [2.45, 2.75) is 33.4 Å². The number of nitrogens with one attached hydrogen (secondary N) is 1. The Balaban J connectivity index is 2.55. The molecule has 1 heterocycles. The summed E-state index contributed by atoms with van der Waals surface area (Å²) in [4.78, 5) is 15.1. The first-order chi connectivity index (χ1) is 7.50. The van der Waals surface area contributed by atoms with E-state index in [-0.39, 0.29) is 5.92 Å². The quantitative estimate of drug-likeness (QED) is 0.794. The van der Waals surface area contributed by atoms with Gasteiger partial charge in [-0.05, 0) is 24.5 Å². The van der Waals surface area contributed by atoms with Crippen LogP contribution in [0, 0.1) is 12.8 Å². The zero-order valence-corrected chi connectivity index (χ0v) is 9.90. The molecule has 0 spiro atoms. The fourth-order valence-corrected chi connectivity index (χ4v) is 1.44. The number of carboxylic acid groups (broad SMARTS) is 1. The van der Waals surface area contributed by atoms with Crippen molar-refractivity contribution in [2.24, 2.45) is 5.92 Å². The molecule has 1 unspecified atom stereocenters. The maximum Gasteiger partial charge on any atom is 0.320 e. The summed E-state index contributed by atoms with van der Waals surface area (Å²) in [6, 6.07) is 3.36. The molecule has 1 atom stereocenters. The van der Waals surface area contributed by atoms with Crippen LogP contribution in [-0.4, -0.2) is 22.1 Å². The van der Waals surface area contributed by atoms with Crippen molar-refractivity contribution in [1.82, 2.24) is 10.3 Å². The minimum absolute atomic E-state index is 0.0657. The molecule has 0 amide bonds. The van der Waals surface area contributed by atoms with E-state index in [1.807, 2.05) is 32.9 Å². The maximum atomic E-state index is 10.9. The zero-order valence-electron chi connectivity index (χ0n) is 9.90. The van der Waals surface area contributed by atoms with Crippen LogP contribution >= 0.6 is 0 Å². The first-order valence-corrected chi connectivity index (χ1v) is 5.38. The normalized spacial score (nSPS) is 12.8. The Kier molecular flexibility index (Phi) is 4.43. The van der Waals surface area contributed by atoms with Crippen molar-refractivity contribution in [1.29, 1.82) is 0 Å². The van der Waals surface area contributed by atoms with Crippen LogP contribution in [0.15, 0.2) is 18.3 Å². The SMILES string of the molecule is Cc1ccc(CNC(C(=O)O)C(C)C)cn1. The minimum atomic E-state index is -0.810. The highest BCUT2D eigenvalue weighted by Gasteiger charge is 2.20. The Hall–Kier alpha value is -1.42. The van der Waals surface area contributed by atoms with Gasteiger partial charge >= 0.3 is 5.97 Å². The van der Waals surface area contributed by atoms with Gasteiger partial charge in [-0.2, -0.15) is 0 Å². The van der Waals surface area contributed by atoms with Crippen molar-refractivity contribution in [3.63, 3.8) is 0 Å². The summed E-state index contributed by atoms with van der Waals surface area (Å²) in [6.07, 6.45) is 1.77. The fraction of sp³-hybridized carbons (Fsp3) is 0.500. The molecule has 1 rings (SSSR count). The average molecular weight is 222 g/mol. The highest BCUT2D eigenvalue weighted by molar-refractivity contribution is 5.73. The highest BCUT2D eigenvalue weighted by Crippen LogP contribution is 2.04. The number of aryl methyl sites for hydroxylation is 1. The maximum absolute atomic E-state index is 10.9. The molecule has 1 aromatic rings. The van der Waals surface area contributed by atoms with Gasteiger partial charge < -0.3 is 10.4 Å². The summed E-state index contributed by atoms with van der Waals surface area (Å²) in [5, 5.41) is 12.0. The van der Waals surface area contributed by atoms with Gasteiger partial charge in [0.25, 0.3) is 0 Å². The molecule has 2 N–H and O–H groups in total. The van der Waals surface area contributed by atoms with Crippen LogP contribution < -0.4 is 5.32 Å². The molecular weight excluding hydrogens is 204 g/mol. The van der Waals surface area contributed by atoms with Crippen molar-refractivity contribution in [3.8, 4) is 0 Å². The molecule has 0 aliphatic heterocycles. The summed E-state index contributed by atoms with van der Waals surface area (Å²) >= 11 is 0. The van der Waals surface area contributed by atoms with Crippen molar-refractivity contribution >= 4 is 5.97 Å². The topological polar surface area (TPSA) is 62.2 Å². The minimum Gasteiger partial charge on any atom is -0.480 e. The first-order valence-electron chi connectivity index (χ1n) is 5.38. The molecule has 1 aromatic heterocycles. The molecule has 88 valence electrons. The molecule has 4 nitrogen and oxygen atoms in total. The number of aliphatic carboxylic acids is 1. The summed E-state index contributed by atoms with van der Waals surface area (Å²) < 4.78 is 0. The smallest absolute Gasteiger partial charge is 0.320 e. The number of hydrogen-bond acceptors (Lipinski definition) is 3. The van der Waals surface area contributed by atoms with Gasteiger partial charge in [0.2, 0.25) is 0 Å². The Bertz CT molecular complexity index is 347. The van der Waals surface area contributed by atoms with Crippen LogP contribution in [-0.2, 0) is 11.3 Å². The first kappa shape index (κ1) is 12.6. The Labute approximate surface area is 95.7 Å². The van der Waals surface area contributed by atoms with Gasteiger partial charge in [0.1, 0.15) is 6.04 Å². The zero-order chi connectivity index (χ0) is 12.1. The van der Waals surface area contributed by atoms with E-state index in [0.717, 1.165) is 11.3 Å². The van der Waals surface area contributed by atoms with E-state index in [2.05, 4.69) is 10.3 Å². The number of carboxylic acids is 1. The van der Waals surface area contributed by atoms with Gasteiger partial charge in [-0.1, -0.05) is 19.9 Å². The van der Waals surface area contributed by atoms with Gasteiger partial charge in [-0.15, -0.1) is 0 Å². The summed E-state index contributed by atoms with van der Waals surface area (Å²) in [5.74, 6) is -0.744. The number of aromatic nitrogens is 1. The molecule has 0 aromatic carbocycles. The van der Waals surface area contributed by atoms with Crippen molar-refractivity contribution in [3.05, 3.63) is 29.6 Å². The standard InChI is InChI=1S/C12H18N2O2/c1-8(2)11(12(15)16)14-7-10-5-4-9(3)13-6-10/h4-6,8,11,14H,7H2,1-3H3,(H,15,16). The molecule has 4 heteroatoms. The lowest BCUT2D eigenvalue weighted by molar-refractivity contribution is -0.140. The van der Waals surface area contributed by atoms with Crippen LogP contribution in [0.2, 0.25) is 0 Å². The summed E-state index contributed by atoms with van der Waals surface area (Å²) in [7, 11) is 0. The second-order valence-corrected chi connectivity index (χ2v) is 4.25. The predicted molar refractivity (Wildman–Crippen MR) is 62.1 cm³/mol. The van der Waals surface area contributed by atoms with Gasteiger partial charge in [0.05, 0.1) is 0 Å². The molecule has 16 heavy (non-hydrogen) atoms. The largest absolute Gasteiger partial charge is 0.480 e. The van der Waals surface area contributed by atoms with Crippen molar-refractivity contribution < 1.29 is 9.90 Å². The molecule has 0 fully saturated rings. The van der Waals surface area contributed by atoms with E-state index < -0.39 is 12.0 Å². The lowest BCUT2D eigenvalue weighted by Gasteiger charge is -2.17. The molecule has 0 aliphatic carbocycles. The van der Waals surface area contributed by atoms with Crippen LogP contribution in [0.3, 0.4) is 0 Å². The van der Waals surface area contributed by atoms with E-state index in [1.165, 1.54) is 0 Å². The van der Waals surface area contributed by atoms with E-state index in [1.54, 1.807) is 6.20 Å². The Morgan fingerprint density at radius 1 is 1.50 bits per heavy atom. The van der Waals surface area contributed by atoms with Crippen LogP contribution in [0.1, 0.15) is 25.1 Å². The van der Waals surface area contributed by atoms with E-state index in [9.17, 15) is 4.79 Å². The molecule has 0 saturated carbocycles. The van der Waals surface area contributed by atoms with Gasteiger partial charge in [0.15, 0.2) is 0 Å². The Morgan fingerprint density at radius 2 is 2.19 bits per heavy atom. The van der Waals surface area contributed by atoms with Crippen LogP contribution in [0.25, 0.3) is 0 Å². The number of rotatable bonds is 5. The number of hydrogen-bond donors (Lipinski definition) is 2. The lowest BCUT2D eigenvalue weighted by atomic mass is 10.0. The van der Waals surface area contributed by atoms with E-state index >= 15 is 0 Å². The lowest BCUT2D eigenvalue weighted by Crippen LogP contribution is -2.40. The summed E-state index contributed by atoms with van der Waals surface area (Å²) in [6.45, 7) is 6.23. The van der Waals surface area contributed by atoms with E-state index in [4.69, 9.17) is 5.11 Å². The number of nitrogens with zero attached hydrogens (tertiary/aromatic N) is 1. The molecular formula is C12H18N2O2. The van der Waals surface area contributed by atoms with Gasteiger partial charge in [-0.25, -0.2) is 0 Å². The monoisotopic (exact) mass is 222 g/mol. The molecule has 0 saturated heterocycles. The molecule has 0 radical (unpaired) electrons. The summed E-state index contributed by atoms with van der Waals surface area (Å²) in [5.41, 5.74) is 1.96. The number of carbonyl (C=O) groups is 1. The third-order valence-electron chi connectivity index (χ3n) is 2.43. The van der Waals surface area contributed by atoms with Crippen molar-refractivity contribution in [2.75, 3.05) is 0 Å². The van der Waals surface area contributed by atoms with Crippen LogP contribution in [0.4, 0.5) is 0 Å².